The molecule has 0 saturated carbocycles. The van der Waals surface area contributed by atoms with E-state index in [9.17, 15) is 4.79 Å². The molecule has 0 aliphatic carbocycles. The summed E-state index contributed by atoms with van der Waals surface area (Å²) in [5.41, 5.74) is 4.87. The van der Waals surface area contributed by atoms with Gasteiger partial charge in [-0.1, -0.05) is 48.9 Å². The topological polar surface area (TPSA) is 78.3 Å². The van der Waals surface area contributed by atoms with Crippen LogP contribution in [-0.4, -0.2) is 40.8 Å². The van der Waals surface area contributed by atoms with Gasteiger partial charge in [0.25, 0.3) is 0 Å². The molecule has 0 aliphatic heterocycles. The standard InChI is InChI=1S/C23H28N4O3/c1-15(2)22-13-24-26-27(22)20-10-19(18-8-6-16(3)7-9-18)11-21(12-20)30-23(28)25-17(4)14-29-5/h6-13,15,17H,14H2,1-5H3,(H,25,28)/t17-/m1/s1. The van der Waals surface area contributed by atoms with Gasteiger partial charge in [0.2, 0.25) is 0 Å². The zero-order valence-electron chi connectivity index (χ0n) is 18.0. The highest BCUT2D eigenvalue weighted by molar-refractivity contribution is 5.74. The Morgan fingerprint density at radius 1 is 1.10 bits per heavy atom. The van der Waals surface area contributed by atoms with Gasteiger partial charge in [-0.3, -0.25) is 0 Å². The molecule has 0 fully saturated rings. The summed E-state index contributed by atoms with van der Waals surface area (Å²) in [5, 5.41) is 11.1. The molecule has 0 spiro atoms. The monoisotopic (exact) mass is 408 g/mol. The van der Waals surface area contributed by atoms with Crippen LogP contribution >= 0.6 is 0 Å². The van der Waals surface area contributed by atoms with Crippen molar-refractivity contribution < 1.29 is 14.3 Å². The van der Waals surface area contributed by atoms with Crippen molar-refractivity contribution in [3.05, 3.63) is 59.9 Å². The largest absolute Gasteiger partial charge is 0.412 e. The summed E-state index contributed by atoms with van der Waals surface area (Å²) in [6.07, 6.45) is 1.22. The van der Waals surface area contributed by atoms with Crippen LogP contribution < -0.4 is 10.1 Å². The van der Waals surface area contributed by atoms with Crippen molar-refractivity contribution in [2.75, 3.05) is 13.7 Å². The molecular weight excluding hydrogens is 380 g/mol. The molecule has 2 aromatic carbocycles. The van der Waals surface area contributed by atoms with Crippen molar-refractivity contribution in [2.45, 2.75) is 39.7 Å². The Morgan fingerprint density at radius 3 is 2.50 bits per heavy atom. The van der Waals surface area contributed by atoms with Gasteiger partial charge in [0.15, 0.2) is 0 Å². The summed E-state index contributed by atoms with van der Waals surface area (Å²) in [7, 11) is 1.59. The van der Waals surface area contributed by atoms with E-state index in [1.54, 1.807) is 24.1 Å². The lowest BCUT2D eigenvalue weighted by atomic mass is 10.0. The van der Waals surface area contributed by atoms with Crippen molar-refractivity contribution in [3.63, 3.8) is 0 Å². The van der Waals surface area contributed by atoms with Crippen molar-refractivity contribution in [2.24, 2.45) is 0 Å². The van der Waals surface area contributed by atoms with E-state index in [0.29, 0.717) is 12.4 Å². The van der Waals surface area contributed by atoms with Crippen molar-refractivity contribution in [1.82, 2.24) is 20.3 Å². The minimum absolute atomic E-state index is 0.162. The van der Waals surface area contributed by atoms with E-state index in [4.69, 9.17) is 9.47 Å². The molecule has 7 heteroatoms. The Bertz CT molecular complexity index is 996. The van der Waals surface area contributed by atoms with Gasteiger partial charge in [-0.15, -0.1) is 5.10 Å². The highest BCUT2D eigenvalue weighted by Crippen LogP contribution is 2.29. The maximum absolute atomic E-state index is 12.3. The Kier molecular flexibility index (Phi) is 6.84. The Morgan fingerprint density at radius 2 is 1.83 bits per heavy atom. The molecule has 30 heavy (non-hydrogen) atoms. The van der Waals surface area contributed by atoms with E-state index in [-0.39, 0.29) is 12.0 Å². The smallest absolute Gasteiger partial charge is 0.410 e. The number of carbonyl (C=O) groups is 1. The fourth-order valence-corrected chi connectivity index (χ4v) is 3.14. The molecule has 7 nitrogen and oxygen atoms in total. The number of hydrogen-bond donors (Lipinski definition) is 1. The first-order chi connectivity index (χ1) is 14.4. The quantitative estimate of drug-likeness (QED) is 0.623. The van der Waals surface area contributed by atoms with E-state index in [0.717, 1.165) is 22.5 Å². The minimum Gasteiger partial charge on any atom is -0.410 e. The van der Waals surface area contributed by atoms with Crippen LogP contribution in [0.25, 0.3) is 16.8 Å². The maximum atomic E-state index is 12.3. The predicted molar refractivity (Wildman–Crippen MR) is 116 cm³/mol. The second-order valence-corrected chi connectivity index (χ2v) is 7.70. The van der Waals surface area contributed by atoms with Gasteiger partial charge in [0.1, 0.15) is 5.75 Å². The molecule has 1 atom stereocenters. The van der Waals surface area contributed by atoms with Crippen molar-refractivity contribution >= 4 is 6.09 Å². The van der Waals surface area contributed by atoms with Crippen LogP contribution in [-0.2, 0) is 4.74 Å². The number of aryl methyl sites for hydroxylation is 1. The van der Waals surface area contributed by atoms with Crippen molar-refractivity contribution in [1.29, 1.82) is 0 Å². The van der Waals surface area contributed by atoms with Crippen molar-refractivity contribution in [3.8, 4) is 22.6 Å². The highest BCUT2D eigenvalue weighted by Gasteiger charge is 2.15. The number of methoxy groups -OCH3 is 1. The first-order valence-electron chi connectivity index (χ1n) is 9.97. The van der Waals surface area contributed by atoms with Crippen LogP contribution in [0, 0.1) is 6.92 Å². The Balaban J connectivity index is 1.99. The van der Waals surface area contributed by atoms with Gasteiger partial charge in [-0.05, 0) is 43.0 Å². The van der Waals surface area contributed by atoms with Crippen LogP contribution in [0.4, 0.5) is 4.79 Å². The number of hydrogen-bond acceptors (Lipinski definition) is 5. The molecule has 1 heterocycles. The third-order valence-electron chi connectivity index (χ3n) is 4.68. The summed E-state index contributed by atoms with van der Waals surface area (Å²) in [6, 6.07) is 13.7. The summed E-state index contributed by atoms with van der Waals surface area (Å²) in [5.74, 6) is 0.668. The van der Waals surface area contributed by atoms with Gasteiger partial charge >= 0.3 is 6.09 Å². The number of amides is 1. The molecule has 3 rings (SSSR count). The first-order valence-corrected chi connectivity index (χ1v) is 9.97. The number of ether oxygens (including phenoxy) is 2. The normalized spacial score (nSPS) is 12.1. The van der Waals surface area contributed by atoms with Gasteiger partial charge in [-0.2, -0.15) is 0 Å². The predicted octanol–water partition coefficient (Wildman–Crippen LogP) is 4.49. The third-order valence-corrected chi connectivity index (χ3v) is 4.68. The van der Waals surface area contributed by atoms with Crippen LogP contribution in [0.2, 0.25) is 0 Å². The molecule has 0 bridgehead atoms. The van der Waals surface area contributed by atoms with Gasteiger partial charge in [-0.25, -0.2) is 9.48 Å². The SMILES string of the molecule is COC[C@@H](C)NC(=O)Oc1cc(-c2ccc(C)cc2)cc(-n2nncc2C(C)C)c1. The van der Waals surface area contributed by atoms with Crippen LogP contribution in [0.15, 0.2) is 48.7 Å². The second kappa shape index (κ2) is 9.54. The summed E-state index contributed by atoms with van der Waals surface area (Å²) < 4.78 is 12.4. The van der Waals surface area contributed by atoms with E-state index in [2.05, 4.69) is 41.6 Å². The zero-order valence-corrected chi connectivity index (χ0v) is 18.0. The molecule has 1 aromatic heterocycles. The number of nitrogens with zero attached hydrogens (tertiary/aromatic N) is 3. The highest BCUT2D eigenvalue weighted by atomic mass is 16.6. The van der Waals surface area contributed by atoms with E-state index >= 15 is 0 Å². The molecule has 158 valence electrons. The second-order valence-electron chi connectivity index (χ2n) is 7.70. The number of benzene rings is 2. The fraction of sp³-hybridized carbons (Fsp3) is 0.348. The van der Waals surface area contributed by atoms with E-state index in [1.165, 1.54) is 5.56 Å². The Hall–Kier alpha value is -3.19. The third kappa shape index (κ3) is 5.24. The van der Waals surface area contributed by atoms with Crippen LogP contribution in [0.3, 0.4) is 0 Å². The fourth-order valence-electron chi connectivity index (χ4n) is 3.14. The van der Waals surface area contributed by atoms with Gasteiger partial charge in [0, 0.05) is 13.2 Å². The number of carbonyl (C=O) groups excluding carboxylic acids is 1. The molecule has 0 unspecified atom stereocenters. The molecule has 0 radical (unpaired) electrons. The van der Waals surface area contributed by atoms with Crippen LogP contribution in [0.1, 0.15) is 37.9 Å². The number of nitrogens with one attached hydrogen (secondary N) is 1. The van der Waals surface area contributed by atoms with E-state index in [1.807, 2.05) is 38.1 Å². The molecule has 0 saturated heterocycles. The first kappa shape index (κ1) is 21.5. The summed E-state index contributed by atoms with van der Waals surface area (Å²) in [6.45, 7) is 8.47. The molecular formula is C23H28N4O3. The zero-order chi connectivity index (χ0) is 21.7. The lowest BCUT2D eigenvalue weighted by Crippen LogP contribution is -2.37. The van der Waals surface area contributed by atoms with E-state index < -0.39 is 6.09 Å². The Labute approximate surface area is 177 Å². The molecule has 0 aliphatic rings. The maximum Gasteiger partial charge on any atom is 0.412 e. The lowest BCUT2D eigenvalue weighted by Gasteiger charge is -2.15. The number of aromatic nitrogens is 3. The average molecular weight is 409 g/mol. The molecule has 1 N–H and O–H groups in total. The summed E-state index contributed by atoms with van der Waals surface area (Å²) >= 11 is 0. The van der Waals surface area contributed by atoms with Gasteiger partial charge < -0.3 is 14.8 Å². The molecule has 3 aromatic rings. The number of rotatable bonds is 7. The average Bonchev–Trinajstić information content (AvgIpc) is 3.18. The molecule has 1 amide bonds. The summed E-state index contributed by atoms with van der Waals surface area (Å²) in [4.78, 5) is 12.3. The lowest BCUT2D eigenvalue weighted by molar-refractivity contribution is 0.159. The van der Waals surface area contributed by atoms with Gasteiger partial charge in [0.05, 0.1) is 30.2 Å². The minimum atomic E-state index is -0.533. The van der Waals surface area contributed by atoms with Crippen LogP contribution in [0.5, 0.6) is 5.75 Å².